The van der Waals surface area contributed by atoms with Crippen molar-refractivity contribution in [2.45, 2.75) is 70.5 Å². The van der Waals surface area contributed by atoms with Crippen molar-refractivity contribution in [3.63, 3.8) is 0 Å². The van der Waals surface area contributed by atoms with E-state index in [4.69, 9.17) is 4.98 Å². The molecule has 30 heavy (non-hydrogen) atoms. The third-order valence-corrected chi connectivity index (χ3v) is 7.57. The van der Waals surface area contributed by atoms with Gasteiger partial charge < -0.3 is 9.30 Å². The highest BCUT2D eigenvalue weighted by Crippen LogP contribution is 2.25. The summed E-state index contributed by atoms with van der Waals surface area (Å²) in [5.41, 5.74) is 2.59. The largest absolute Gasteiger partial charge is 0.335 e. The first-order valence-corrected chi connectivity index (χ1v) is 11.9. The number of fused-ring (bicyclic) bond motifs is 1. The van der Waals surface area contributed by atoms with Crippen LogP contribution >= 0.6 is 0 Å². The predicted octanol–water partition coefficient (Wildman–Crippen LogP) is 3.41. The van der Waals surface area contributed by atoms with Crippen molar-refractivity contribution < 1.29 is 4.79 Å². The summed E-state index contributed by atoms with van der Waals surface area (Å²) >= 11 is 0. The lowest BCUT2D eigenvalue weighted by atomic mass is 9.94. The quantitative estimate of drug-likeness (QED) is 0.776. The summed E-state index contributed by atoms with van der Waals surface area (Å²) in [6.45, 7) is 7.85. The van der Waals surface area contributed by atoms with Gasteiger partial charge in [-0.25, -0.2) is 4.98 Å². The van der Waals surface area contributed by atoms with E-state index in [1.165, 1.54) is 44.9 Å². The molecular weight excluding hydrogens is 374 g/mol. The van der Waals surface area contributed by atoms with Crippen LogP contribution in [0.2, 0.25) is 0 Å². The van der Waals surface area contributed by atoms with E-state index in [2.05, 4.69) is 27.3 Å². The highest BCUT2D eigenvalue weighted by atomic mass is 16.2. The summed E-state index contributed by atoms with van der Waals surface area (Å²) in [5.74, 6) is 0.115. The molecule has 0 spiro atoms. The molecule has 0 N–H and O–H groups in total. The van der Waals surface area contributed by atoms with E-state index < -0.39 is 0 Å². The Kier molecular flexibility index (Phi) is 5.79. The molecule has 1 saturated carbocycles. The van der Waals surface area contributed by atoms with E-state index in [1.807, 2.05) is 23.1 Å². The predicted molar refractivity (Wildman–Crippen MR) is 119 cm³/mol. The Morgan fingerprint density at radius 3 is 2.53 bits per heavy atom. The van der Waals surface area contributed by atoms with Crippen molar-refractivity contribution in [3.05, 3.63) is 35.8 Å². The molecule has 3 fully saturated rings. The SMILES string of the molecule is CC1CCCN1Cc1c(C(=O)N2CCN(C3CCCCC3)CC2)nc2ccccn12. The molecule has 3 aliphatic rings. The van der Waals surface area contributed by atoms with E-state index in [9.17, 15) is 4.79 Å². The number of pyridine rings is 1. The van der Waals surface area contributed by atoms with Crippen LogP contribution in [0.5, 0.6) is 0 Å². The van der Waals surface area contributed by atoms with Crippen LogP contribution in [-0.4, -0.2) is 74.8 Å². The van der Waals surface area contributed by atoms with Crippen LogP contribution in [0.1, 0.15) is 68.1 Å². The van der Waals surface area contributed by atoms with Crippen LogP contribution < -0.4 is 0 Å². The van der Waals surface area contributed by atoms with Crippen molar-refractivity contribution in [1.29, 1.82) is 0 Å². The minimum Gasteiger partial charge on any atom is -0.335 e. The fraction of sp³-hybridized carbons (Fsp3) is 0.667. The number of carbonyl (C=O) groups excluding carboxylic acids is 1. The van der Waals surface area contributed by atoms with Crippen LogP contribution in [0, 0.1) is 0 Å². The van der Waals surface area contributed by atoms with E-state index in [0.29, 0.717) is 11.7 Å². The van der Waals surface area contributed by atoms with Crippen molar-refractivity contribution in [2.75, 3.05) is 32.7 Å². The number of hydrogen-bond donors (Lipinski definition) is 0. The average molecular weight is 410 g/mol. The third-order valence-electron chi connectivity index (χ3n) is 7.57. The van der Waals surface area contributed by atoms with Crippen LogP contribution in [0.15, 0.2) is 24.4 Å². The Morgan fingerprint density at radius 2 is 1.80 bits per heavy atom. The first kappa shape index (κ1) is 20.0. The standard InChI is InChI=1S/C24H35N5O/c1-19-8-7-12-28(19)18-21-23(25-22-11-5-6-13-29(21)22)24(30)27-16-14-26(15-17-27)20-9-3-2-4-10-20/h5-6,11,13,19-20H,2-4,7-10,12,14-18H2,1H3. The van der Waals surface area contributed by atoms with Gasteiger partial charge in [0.1, 0.15) is 5.65 Å². The maximum atomic E-state index is 13.5. The van der Waals surface area contributed by atoms with Gasteiger partial charge in [-0.1, -0.05) is 25.3 Å². The third kappa shape index (κ3) is 3.87. The summed E-state index contributed by atoms with van der Waals surface area (Å²) in [5, 5.41) is 0. The van der Waals surface area contributed by atoms with Gasteiger partial charge in [-0.3, -0.25) is 14.6 Å². The van der Waals surface area contributed by atoms with Crippen LogP contribution in [0.4, 0.5) is 0 Å². The molecule has 1 unspecified atom stereocenters. The monoisotopic (exact) mass is 409 g/mol. The first-order valence-electron chi connectivity index (χ1n) is 11.9. The number of nitrogens with zero attached hydrogens (tertiary/aromatic N) is 5. The minimum atomic E-state index is 0.115. The number of carbonyl (C=O) groups is 1. The van der Waals surface area contributed by atoms with Gasteiger partial charge in [-0.2, -0.15) is 0 Å². The highest BCUT2D eigenvalue weighted by molar-refractivity contribution is 5.94. The summed E-state index contributed by atoms with van der Waals surface area (Å²) in [6.07, 6.45) is 11.3. The zero-order valence-corrected chi connectivity index (χ0v) is 18.3. The molecule has 5 rings (SSSR count). The van der Waals surface area contributed by atoms with Crippen molar-refractivity contribution >= 4 is 11.6 Å². The molecule has 2 aromatic rings. The molecule has 2 aromatic heterocycles. The maximum Gasteiger partial charge on any atom is 0.274 e. The summed E-state index contributed by atoms with van der Waals surface area (Å²) in [7, 11) is 0. The van der Waals surface area contributed by atoms with Crippen molar-refractivity contribution in [3.8, 4) is 0 Å². The Balaban J connectivity index is 1.34. The molecular formula is C24H35N5O. The van der Waals surface area contributed by atoms with Crippen LogP contribution in [0.3, 0.4) is 0 Å². The molecule has 4 heterocycles. The minimum absolute atomic E-state index is 0.115. The number of hydrogen-bond acceptors (Lipinski definition) is 4. The number of rotatable bonds is 4. The lowest BCUT2D eigenvalue weighted by Crippen LogP contribution is -2.52. The summed E-state index contributed by atoms with van der Waals surface area (Å²) < 4.78 is 2.12. The maximum absolute atomic E-state index is 13.5. The van der Waals surface area contributed by atoms with E-state index in [1.54, 1.807) is 0 Å². The van der Waals surface area contributed by atoms with Crippen LogP contribution in [-0.2, 0) is 6.54 Å². The molecule has 1 atom stereocenters. The molecule has 2 saturated heterocycles. The lowest BCUT2D eigenvalue weighted by molar-refractivity contribution is 0.0517. The molecule has 2 aliphatic heterocycles. The van der Waals surface area contributed by atoms with Crippen LogP contribution in [0.25, 0.3) is 5.65 Å². The van der Waals surface area contributed by atoms with Gasteiger partial charge in [0.2, 0.25) is 0 Å². The smallest absolute Gasteiger partial charge is 0.274 e. The number of aromatic nitrogens is 2. The van der Waals surface area contributed by atoms with Crippen molar-refractivity contribution in [2.24, 2.45) is 0 Å². The van der Waals surface area contributed by atoms with Gasteiger partial charge in [0.05, 0.1) is 5.69 Å². The van der Waals surface area contributed by atoms with Gasteiger partial charge >= 0.3 is 0 Å². The molecule has 1 aliphatic carbocycles. The van der Waals surface area contributed by atoms with Crippen molar-refractivity contribution in [1.82, 2.24) is 24.1 Å². The number of amides is 1. The Bertz CT molecular complexity index is 879. The summed E-state index contributed by atoms with van der Waals surface area (Å²) in [4.78, 5) is 25.5. The van der Waals surface area contributed by atoms with Gasteiger partial charge in [-0.05, 0) is 51.3 Å². The lowest BCUT2D eigenvalue weighted by Gasteiger charge is -2.40. The van der Waals surface area contributed by atoms with Gasteiger partial charge in [0, 0.05) is 51.0 Å². The van der Waals surface area contributed by atoms with Gasteiger partial charge in [0.15, 0.2) is 5.69 Å². The second kappa shape index (κ2) is 8.67. The van der Waals surface area contributed by atoms with E-state index in [0.717, 1.165) is 56.7 Å². The molecule has 0 bridgehead atoms. The summed E-state index contributed by atoms with van der Waals surface area (Å²) in [6, 6.07) is 7.35. The fourth-order valence-electron chi connectivity index (χ4n) is 5.68. The van der Waals surface area contributed by atoms with Gasteiger partial charge in [-0.15, -0.1) is 0 Å². The van der Waals surface area contributed by atoms with E-state index >= 15 is 0 Å². The second-order valence-corrected chi connectivity index (χ2v) is 9.42. The van der Waals surface area contributed by atoms with E-state index in [-0.39, 0.29) is 5.91 Å². The Morgan fingerprint density at radius 1 is 1.00 bits per heavy atom. The molecule has 1 amide bonds. The number of piperazine rings is 1. The first-order chi connectivity index (χ1) is 14.7. The highest BCUT2D eigenvalue weighted by Gasteiger charge is 2.31. The molecule has 0 aromatic carbocycles. The van der Waals surface area contributed by atoms with Gasteiger partial charge in [0.25, 0.3) is 5.91 Å². The fourth-order valence-corrected chi connectivity index (χ4v) is 5.68. The zero-order chi connectivity index (χ0) is 20.5. The second-order valence-electron chi connectivity index (χ2n) is 9.42. The Hall–Kier alpha value is -1.92. The molecule has 0 radical (unpaired) electrons. The molecule has 6 heteroatoms. The molecule has 162 valence electrons. The normalized spacial score (nSPS) is 24.7. The average Bonchev–Trinajstić information content (AvgIpc) is 3.38. The topological polar surface area (TPSA) is 44.1 Å². The molecule has 6 nitrogen and oxygen atoms in total. The zero-order valence-electron chi connectivity index (χ0n) is 18.3. The Labute approximate surface area is 179 Å². The number of likely N-dealkylation sites (tertiary alicyclic amines) is 1. The number of imidazole rings is 1.